The highest BCUT2D eigenvalue weighted by molar-refractivity contribution is 9.10. The van der Waals surface area contributed by atoms with Crippen LogP contribution >= 0.6 is 15.9 Å². The van der Waals surface area contributed by atoms with Crippen molar-refractivity contribution in [2.75, 3.05) is 38.7 Å². The molecule has 0 fully saturated rings. The Kier molecular flexibility index (Phi) is 10.5. The first-order valence-electron chi connectivity index (χ1n) is 10.4. The highest BCUT2D eigenvalue weighted by atomic mass is 79.9. The average Bonchev–Trinajstić information content (AvgIpc) is 2.75. The lowest BCUT2D eigenvalue weighted by Gasteiger charge is -2.21. The van der Waals surface area contributed by atoms with Gasteiger partial charge < -0.3 is 14.8 Å². The van der Waals surface area contributed by atoms with Crippen molar-refractivity contribution in [2.24, 2.45) is 0 Å². The van der Waals surface area contributed by atoms with Crippen LogP contribution in [0.4, 0.5) is 10.1 Å². The van der Waals surface area contributed by atoms with E-state index in [0.717, 1.165) is 32.5 Å². The van der Waals surface area contributed by atoms with Gasteiger partial charge in [0.05, 0.1) is 11.6 Å². The summed E-state index contributed by atoms with van der Waals surface area (Å²) < 4.78 is 25.0. The second-order valence-corrected chi connectivity index (χ2v) is 7.91. The Labute approximate surface area is 192 Å². The number of hydrogen-bond donors (Lipinski definition) is 1. The van der Waals surface area contributed by atoms with Crippen LogP contribution in [0.1, 0.15) is 32.3 Å². The number of nitrogens with one attached hydrogen (secondary N) is 1. The average molecular weight is 493 g/mol. The van der Waals surface area contributed by atoms with Crippen LogP contribution in [-0.4, -0.2) is 44.2 Å². The van der Waals surface area contributed by atoms with Crippen LogP contribution in [0.5, 0.6) is 11.5 Å². The minimum Gasteiger partial charge on any atom is -0.493 e. The summed E-state index contributed by atoms with van der Waals surface area (Å²) in [6, 6.07) is 9.83. The number of rotatable bonds is 12. The van der Waals surface area contributed by atoms with E-state index in [1.54, 1.807) is 43.5 Å². The molecule has 0 radical (unpaired) electrons. The summed E-state index contributed by atoms with van der Waals surface area (Å²) in [7, 11) is 1.59. The lowest BCUT2D eigenvalue weighted by atomic mass is 10.2. The zero-order valence-electron chi connectivity index (χ0n) is 18.3. The Morgan fingerprint density at radius 2 is 1.84 bits per heavy atom. The topological polar surface area (TPSA) is 50.8 Å². The monoisotopic (exact) mass is 492 g/mol. The molecule has 2 aromatic carbocycles. The van der Waals surface area contributed by atoms with Crippen LogP contribution in [0.15, 0.2) is 46.9 Å². The van der Waals surface area contributed by atoms with E-state index < -0.39 is 0 Å². The second-order valence-electron chi connectivity index (χ2n) is 7.05. The first-order chi connectivity index (χ1) is 15.0. The smallest absolute Gasteiger partial charge is 0.248 e. The van der Waals surface area contributed by atoms with Crippen LogP contribution in [0, 0.1) is 5.82 Å². The minimum absolute atomic E-state index is 0.298. The molecular weight excluding hydrogens is 463 g/mol. The third-order valence-electron chi connectivity index (χ3n) is 4.55. The summed E-state index contributed by atoms with van der Waals surface area (Å²) in [5.41, 5.74) is 1.32. The number of methoxy groups -OCH3 is 1. The van der Waals surface area contributed by atoms with Gasteiger partial charge in [0.1, 0.15) is 12.4 Å². The Morgan fingerprint density at radius 3 is 2.48 bits per heavy atom. The van der Waals surface area contributed by atoms with E-state index in [2.05, 4.69) is 40.0 Å². The maximum absolute atomic E-state index is 13.3. The van der Waals surface area contributed by atoms with Crippen molar-refractivity contribution in [1.29, 1.82) is 0 Å². The fourth-order valence-corrected chi connectivity index (χ4v) is 3.49. The fourth-order valence-electron chi connectivity index (χ4n) is 3.09. The SMILES string of the molecule is CCCN(CCC)CCOc1cc(NC(=O)C=Cc2ccc(F)c(Br)c2)ccc1OC. The molecule has 1 amide bonds. The zero-order chi connectivity index (χ0) is 22.6. The maximum atomic E-state index is 13.3. The number of ether oxygens (including phenoxy) is 2. The molecule has 0 saturated carbocycles. The van der Waals surface area contributed by atoms with Gasteiger partial charge in [-0.1, -0.05) is 19.9 Å². The summed E-state index contributed by atoms with van der Waals surface area (Å²) in [6.45, 7) is 7.79. The van der Waals surface area contributed by atoms with E-state index in [9.17, 15) is 9.18 Å². The van der Waals surface area contributed by atoms with E-state index >= 15 is 0 Å². The van der Waals surface area contributed by atoms with Crippen LogP contribution < -0.4 is 14.8 Å². The number of carbonyl (C=O) groups is 1. The van der Waals surface area contributed by atoms with Gasteiger partial charge in [0.25, 0.3) is 0 Å². The number of carbonyl (C=O) groups excluding carboxylic acids is 1. The van der Waals surface area contributed by atoms with Crippen LogP contribution in [0.25, 0.3) is 6.08 Å². The van der Waals surface area contributed by atoms with Gasteiger partial charge in [0, 0.05) is 24.4 Å². The van der Waals surface area contributed by atoms with Crippen molar-refractivity contribution in [2.45, 2.75) is 26.7 Å². The number of hydrogen-bond acceptors (Lipinski definition) is 4. The minimum atomic E-state index is -0.347. The van der Waals surface area contributed by atoms with Crippen molar-refractivity contribution in [3.8, 4) is 11.5 Å². The molecule has 0 saturated heterocycles. The fraction of sp³-hybridized carbons (Fsp3) is 0.375. The number of amides is 1. The van der Waals surface area contributed by atoms with E-state index in [0.29, 0.717) is 33.8 Å². The molecule has 2 rings (SSSR count). The van der Waals surface area contributed by atoms with Gasteiger partial charge in [-0.25, -0.2) is 4.39 Å². The second kappa shape index (κ2) is 13.1. The summed E-state index contributed by atoms with van der Waals surface area (Å²) in [4.78, 5) is 14.7. The van der Waals surface area contributed by atoms with Crippen molar-refractivity contribution < 1.29 is 18.7 Å². The molecule has 2 aromatic rings. The predicted octanol–water partition coefficient (Wildman–Crippen LogP) is 5.75. The van der Waals surface area contributed by atoms with Gasteiger partial charge in [-0.05, 0) is 77.8 Å². The third-order valence-corrected chi connectivity index (χ3v) is 5.15. The Hall–Kier alpha value is -2.38. The van der Waals surface area contributed by atoms with E-state index in [1.165, 1.54) is 12.1 Å². The van der Waals surface area contributed by atoms with Crippen LogP contribution in [-0.2, 0) is 4.79 Å². The molecule has 0 aromatic heterocycles. The molecular formula is C24H30BrFN2O3. The molecule has 0 spiro atoms. The van der Waals surface area contributed by atoms with Gasteiger partial charge in [-0.3, -0.25) is 9.69 Å². The number of halogens is 2. The molecule has 5 nitrogen and oxygen atoms in total. The highest BCUT2D eigenvalue weighted by Crippen LogP contribution is 2.30. The normalized spacial score (nSPS) is 11.2. The van der Waals surface area contributed by atoms with E-state index in [-0.39, 0.29) is 11.7 Å². The van der Waals surface area contributed by atoms with Crippen molar-refractivity contribution >= 4 is 33.6 Å². The Bertz CT molecular complexity index is 883. The van der Waals surface area contributed by atoms with Gasteiger partial charge in [0.2, 0.25) is 5.91 Å². The van der Waals surface area contributed by atoms with Crippen molar-refractivity contribution in [1.82, 2.24) is 4.90 Å². The molecule has 0 aliphatic rings. The van der Waals surface area contributed by atoms with Crippen molar-refractivity contribution in [3.63, 3.8) is 0 Å². The lowest BCUT2D eigenvalue weighted by molar-refractivity contribution is -0.111. The molecule has 0 aliphatic heterocycles. The van der Waals surface area contributed by atoms with Crippen LogP contribution in [0.3, 0.4) is 0 Å². The molecule has 1 N–H and O–H groups in total. The quantitative estimate of drug-likeness (QED) is 0.383. The standard InChI is InChI=1S/C24H30BrFN2O3/c1-4-12-28(13-5-2)14-15-31-23-17-19(8-10-22(23)30-3)27-24(29)11-7-18-6-9-21(26)20(25)16-18/h6-11,16-17H,4-5,12-15H2,1-3H3,(H,27,29). The van der Waals surface area contributed by atoms with Crippen LogP contribution in [0.2, 0.25) is 0 Å². The van der Waals surface area contributed by atoms with E-state index in [4.69, 9.17) is 9.47 Å². The number of benzene rings is 2. The van der Waals surface area contributed by atoms with Gasteiger partial charge >= 0.3 is 0 Å². The molecule has 168 valence electrons. The Balaban J connectivity index is 1.99. The van der Waals surface area contributed by atoms with E-state index in [1.807, 2.05) is 0 Å². The van der Waals surface area contributed by atoms with Gasteiger partial charge in [-0.2, -0.15) is 0 Å². The molecule has 0 unspecified atom stereocenters. The van der Waals surface area contributed by atoms with Gasteiger partial charge in [0.15, 0.2) is 11.5 Å². The molecule has 0 bridgehead atoms. The maximum Gasteiger partial charge on any atom is 0.248 e. The summed E-state index contributed by atoms with van der Waals surface area (Å²) in [6.07, 6.45) is 5.23. The first kappa shape index (κ1) is 24.9. The summed E-state index contributed by atoms with van der Waals surface area (Å²) in [5, 5.41) is 2.81. The first-order valence-corrected chi connectivity index (χ1v) is 11.2. The predicted molar refractivity (Wildman–Crippen MR) is 127 cm³/mol. The number of nitrogens with zero attached hydrogens (tertiary/aromatic N) is 1. The third kappa shape index (κ3) is 8.34. The highest BCUT2D eigenvalue weighted by Gasteiger charge is 2.09. The molecule has 7 heteroatoms. The van der Waals surface area contributed by atoms with Crippen molar-refractivity contribution in [3.05, 3.63) is 58.3 Å². The molecule has 31 heavy (non-hydrogen) atoms. The zero-order valence-corrected chi connectivity index (χ0v) is 19.9. The Morgan fingerprint density at radius 1 is 1.10 bits per heavy atom. The van der Waals surface area contributed by atoms with Gasteiger partial charge in [-0.15, -0.1) is 0 Å². The largest absolute Gasteiger partial charge is 0.493 e. The number of anilines is 1. The summed E-state index contributed by atoms with van der Waals surface area (Å²) in [5.74, 6) is 0.551. The molecule has 0 atom stereocenters. The summed E-state index contributed by atoms with van der Waals surface area (Å²) >= 11 is 3.14. The molecule has 0 heterocycles. The molecule has 0 aliphatic carbocycles. The lowest BCUT2D eigenvalue weighted by Crippen LogP contribution is -2.30.